The fourth-order valence-electron chi connectivity index (χ4n) is 5.93. The van der Waals surface area contributed by atoms with Gasteiger partial charge in [0, 0.05) is 6.92 Å². The van der Waals surface area contributed by atoms with E-state index in [1.807, 2.05) is 36.4 Å². The van der Waals surface area contributed by atoms with Gasteiger partial charge in [-0.3, -0.25) is 0 Å². The third-order valence-electron chi connectivity index (χ3n) is 10.3. The molecule has 2 saturated carbocycles. The SMILES string of the molecule is CC1C(C)C(C)C(C)C1C.CC1C(C)C(C)C(C)C1C.[CH2-]c1cccc(C)[n+]1[O-].[CH2-]c1ccccc1.[Th+4]. The summed E-state index contributed by atoms with van der Waals surface area (Å²) < 4.78 is 0.806. The average molecular weight is 726 g/mol. The standard InChI is InChI=1S/2C10H20.C7H8NO.C7H7.Th/c2*1-6-7(2)9(4)10(5)8(6)3;1-6-4-3-5-7(2)8(6)9;1-7-5-3-2-4-6-7;/h2*6-10H,1-5H3;3-5H,1H2,2H3;2-6H,1H2;/q;;2*-1;+4. The first-order valence-corrected chi connectivity index (χ1v) is 14.1. The number of rotatable bonds is 0. The van der Waals surface area contributed by atoms with Gasteiger partial charge in [-0.25, -0.2) is 4.73 Å². The quantitative estimate of drug-likeness (QED) is 0.151. The van der Waals surface area contributed by atoms with Crippen LogP contribution in [0, 0.1) is 125 Å². The van der Waals surface area contributed by atoms with Crippen molar-refractivity contribution in [2.75, 3.05) is 0 Å². The van der Waals surface area contributed by atoms with Crippen molar-refractivity contribution in [1.82, 2.24) is 0 Å². The third-order valence-corrected chi connectivity index (χ3v) is 10.3. The predicted molar refractivity (Wildman–Crippen MR) is 157 cm³/mol. The molecule has 1 aromatic heterocycles. The summed E-state index contributed by atoms with van der Waals surface area (Å²) in [5.74, 6) is 9.35. The maximum absolute atomic E-state index is 10.8. The van der Waals surface area contributed by atoms with Crippen LogP contribution in [-0.2, 0) is 0 Å². The Morgan fingerprint density at radius 3 is 1.00 bits per heavy atom. The first-order chi connectivity index (χ1) is 16.7. The molecular weight excluding hydrogens is 670 g/mol. The Morgan fingerprint density at radius 1 is 0.514 bits per heavy atom. The van der Waals surface area contributed by atoms with Gasteiger partial charge in [0.1, 0.15) is 0 Å². The number of benzene rings is 1. The van der Waals surface area contributed by atoms with Crippen LogP contribution in [0.25, 0.3) is 0 Å². The van der Waals surface area contributed by atoms with E-state index in [0.717, 1.165) is 69.5 Å². The molecule has 0 saturated heterocycles. The van der Waals surface area contributed by atoms with E-state index in [-0.39, 0.29) is 39.9 Å². The molecule has 2 nitrogen and oxygen atoms in total. The summed E-state index contributed by atoms with van der Waals surface area (Å²) in [5, 5.41) is 10.8. The van der Waals surface area contributed by atoms with Gasteiger partial charge in [0.05, 0.1) is 5.69 Å². The molecule has 0 N–H and O–H groups in total. The zero-order chi connectivity index (χ0) is 27.7. The zero-order valence-corrected chi connectivity index (χ0v) is 29.8. The number of nitrogens with zero attached hydrogens (tertiary/aromatic N) is 1. The molecule has 0 aliphatic heterocycles. The molecule has 0 atom stereocenters. The molecule has 4 rings (SSSR count). The number of aryl methyl sites for hydroxylation is 1. The summed E-state index contributed by atoms with van der Waals surface area (Å²) >= 11 is 0. The molecule has 0 unspecified atom stereocenters. The van der Waals surface area contributed by atoms with Crippen LogP contribution in [0.4, 0.5) is 0 Å². The Kier molecular flexibility index (Phi) is 16.7. The summed E-state index contributed by atoms with van der Waals surface area (Å²) in [6.45, 7) is 33.0. The Hall–Kier alpha value is -0.765. The summed E-state index contributed by atoms with van der Waals surface area (Å²) in [7, 11) is 0. The first kappa shape index (κ1) is 36.2. The fraction of sp³-hybridized carbons (Fsp3) is 0.618. The maximum Gasteiger partial charge on any atom is 4.00 e. The smallest absolute Gasteiger partial charge is 0.620 e. The molecule has 0 bridgehead atoms. The van der Waals surface area contributed by atoms with Crippen molar-refractivity contribution in [1.29, 1.82) is 0 Å². The summed E-state index contributed by atoms with van der Waals surface area (Å²) in [4.78, 5) is 0. The van der Waals surface area contributed by atoms with Gasteiger partial charge in [-0.05, 0) is 65.2 Å². The summed E-state index contributed by atoms with van der Waals surface area (Å²) in [5.41, 5.74) is 2.25. The molecule has 2 aliphatic rings. The number of hydrogen-bond acceptors (Lipinski definition) is 1. The minimum Gasteiger partial charge on any atom is -0.620 e. The fourth-order valence-corrected chi connectivity index (χ4v) is 5.93. The van der Waals surface area contributed by atoms with Gasteiger partial charge < -0.3 is 5.21 Å². The van der Waals surface area contributed by atoms with E-state index in [1.54, 1.807) is 19.1 Å². The van der Waals surface area contributed by atoms with E-state index < -0.39 is 0 Å². The molecule has 3 heteroatoms. The minimum absolute atomic E-state index is 0. The topological polar surface area (TPSA) is 26.9 Å². The Bertz CT molecular complexity index is 745. The van der Waals surface area contributed by atoms with E-state index in [2.05, 4.69) is 83.1 Å². The summed E-state index contributed by atoms with van der Waals surface area (Å²) in [6, 6.07) is 15.1. The van der Waals surface area contributed by atoms with Crippen molar-refractivity contribution in [3.05, 3.63) is 84.5 Å². The molecule has 0 radical (unpaired) electrons. The Balaban J connectivity index is 0.000000466. The van der Waals surface area contributed by atoms with Crippen LogP contribution in [-0.4, -0.2) is 0 Å². The molecule has 204 valence electrons. The van der Waals surface area contributed by atoms with Gasteiger partial charge in [0.25, 0.3) is 0 Å². The molecular formula is C34H55NOTh+2. The van der Waals surface area contributed by atoms with Crippen molar-refractivity contribution in [3.8, 4) is 0 Å². The molecule has 37 heavy (non-hydrogen) atoms. The monoisotopic (exact) mass is 725 g/mol. The predicted octanol–water partition coefficient (Wildman–Crippen LogP) is 9.04. The van der Waals surface area contributed by atoms with Crippen molar-refractivity contribution in [2.24, 2.45) is 59.2 Å². The van der Waals surface area contributed by atoms with Crippen LogP contribution < -0.4 is 4.73 Å². The Morgan fingerprint density at radius 2 is 0.811 bits per heavy atom. The van der Waals surface area contributed by atoms with Crippen molar-refractivity contribution in [2.45, 2.75) is 76.2 Å². The van der Waals surface area contributed by atoms with E-state index in [9.17, 15) is 5.21 Å². The average Bonchev–Trinajstić information content (AvgIpc) is 3.14. The Labute approximate surface area is 262 Å². The van der Waals surface area contributed by atoms with Gasteiger partial charge >= 0.3 is 39.9 Å². The third kappa shape index (κ3) is 10.4. The number of hydrogen-bond donors (Lipinski definition) is 0. The molecule has 1 heterocycles. The molecule has 2 aromatic rings. The van der Waals surface area contributed by atoms with E-state index in [4.69, 9.17) is 0 Å². The van der Waals surface area contributed by atoms with E-state index in [1.165, 1.54) is 0 Å². The van der Waals surface area contributed by atoms with Crippen molar-refractivity contribution in [3.63, 3.8) is 0 Å². The number of aromatic nitrogens is 1. The maximum atomic E-state index is 10.8. The van der Waals surface area contributed by atoms with Gasteiger partial charge in [-0.15, -0.1) is 24.3 Å². The van der Waals surface area contributed by atoms with Crippen LogP contribution in [0.3, 0.4) is 0 Å². The largest absolute Gasteiger partial charge is 4.00 e. The van der Waals surface area contributed by atoms with Crippen molar-refractivity contribution >= 4 is 0 Å². The molecule has 0 amide bonds. The van der Waals surface area contributed by atoms with Gasteiger partial charge in [0.2, 0.25) is 0 Å². The van der Waals surface area contributed by atoms with Gasteiger partial charge in [-0.1, -0.05) is 75.3 Å². The van der Waals surface area contributed by atoms with E-state index in [0.29, 0.717) is 11.4 Å². The second-order valence-electron chi connectivity index (χ2n) is 12.0. The normalized spacial score (nSPS) is 33.9. The first-order valence-electron chi connectivity index (χ1n) is 14.1. The van der Waals surface area contributed by atoms with Gasteiger partial charge in [-0.2, -0.15) is 31.5 Å². The molecule has 0 spiro atoms. The second-order valence-corrected chi connectivity index (χ2v) is 12.0. The van der Waals surface area contributed by atoms with Crippen LogP contribution >= 0.6 is 0 Å². The van der Waals surface area contributed by atoms with Crippen LogP contribution in [0.2, 0.25) is 0 Å². The van der Waals surface area contributed by atoms with Gasteiger partial charge in [0.15, 0.2) is 5.69 Å². The van der Waals surface area contributed by atoms with Crippen molar-refractivity contribution < 1.29 is 44.7 Å². The molecule has 1 aromatic carbocycles. The van der Waals surface area contributed by atoms with Crippen LogP contribution in [0.5, 0.6) is 0 Å². The van der Waals surface area contributed by atoms with Crippen LogP contribution in [0.15, 0.2) is 48.5 Å². The second kappa shape index (κ2) is 17.0. The number of pyridine rings is 1. The van der Waals surface area contributed by atoms with Crippen LogP contribution in [0.1, 0.15) is 86.2 Å². The minimum atomic E-state index is 0. The zero-order valence-electron chi connectivity index (χ0n) is 25.7. The molecule has 2 fully saturated rings. The molecule has 2 aliphatic carbocycles. The van der Waals surface area contributed by atoms with E-state index >= 15 is 0 Å². The summed E-state index contributed by atoms with van der Waals surface area (Å²) in [6.07, 6.45) is 0.